The van der Waals surface area contributed by atoms with Crippen molar-refractivity contribution in [2.45, 2.75) is 45.3 Å². The predicted molar refractivity (Wildman–Crippen MR) is 90.9 cm³/mol. The van der Waals surface area contributed by atoms with E-state index in [1.807, 2.05) is 13.2 Å². The van der Waals surface area contributed by atoms with E-state index in [0.717, 1.165) is 5.56 Å². The first kappa shape index (κ1) is 17.3. The maximum absolute atomic E-state index is 12.5. The summed E-state index contributed by atoms with van der Waals surface area (Å²) in [7, 11) is 1.82. The number of amides is 1. The van der Waals surface area contributed by atoms with Crippen molar-refractivity contribution >= 4 is 5.91 Å². The summed E-state index contributed by atoms with van der Waals surface area (Å²) in [5.41, 5.74) is 1.56. The number of hydrogen-bond donors (Lipinski definition) is 3. The zero-order chi connectivity index (χ0) is 18.1. The average Bonchev–Trinajstić information content (AvgIpc) is 2.92. The molecule has 1 fully saturated rings. The van der Waals surface area contributed by atoms with Crippen LogP contribution in [-0.4, -0.2) is 36.9 Å². The number of aliphatic hydroxyl groups excluding tert-OH is 1. The molecule has 0 saturated heterocycles. The molecule has 3 rings (SSSR count). The fourth-order valence-corrected chi connectivity index (χ4v) is 3.32. The molecule has 1 saturated carbocycles. The second-order valence-corrected chi connectivity index (χ2v) is 6.77. The van der Waals surface area contributed by atoms with Gasteiger partial charge in [-0.2, -0.15) is 5.10 Å². The van der Waals surface area contributed by atoms with Crippen LogP contribution in [0.25, 0.3) is 0 Å². The lowest BCUT2D eigenvalue weighted by Crippen LogP contribution is -2.42. The molecular formula is C17H23N5O3. The molecule has 25 heavy (non-hydrogen) atoms. The quantitative estimate of drug-likeness (QED) is 0.721. The molecule has 0 aromatic carbocycles. The summed E-state index contributed by atoms with van der Waals surface area (Å²) in [4.78, 5) is 31.5. The molecule has 0 aliphatic heterocycles. The molecule has 2 aromatic rings. The molecule has 0 radical (unpaired) electrons. The van der Waals surface area contributed by atoms with Crippen LogP contribution in [0.15, 0.2) is 17.2 Å². The van der Waals surface area contributed by atoms with E-state index in [2.05, 4.69) is 20.4 Å². The minimum atomic E-state index is -0.313. The fourth-order valence-electron chi connectivity index (χ4n) is 3.32. The topological polar surface area (TPSA) is 113 Å². The largest absolute Gasteiger partial charge is 0.393 e. The summed E-state index contributed by atoms with van der Waals surface area (Å²) >= 11 is 0. The van der Waals surface area contributed by atoms with Crippen molar-refractivity contribution in [3.63, 3.8) is 0 Å². The molecule has 0 bridgehead atoms. The number of nitrogens with zero attached hydrogens (tertiary/aromatic N) is 3. The maximum Gasteiger partial charge on any atom is 0.254 e. The van der Waals surface area contributed by atoms with Crippen LogP contribution >= 0.6 is 0 Å². The number of carbonyl (C=O) groups is 1. The second-order valence-electron chi connectivity index (χ2n) is 6.77. The molecule has 1 atom stereocenters. The van der Waals surface area contributed by atoms with Crippen LogP contribution in [0.2, 0.25) is 0 Å². The van der Waals surface area contributed by atoms with Crippen molar-refractivity contribution in [1.29, 1.82) is 0 Å². The van der Waals surface area contributed by atoms with Gasteiger partial charge in [0.1, 0.15) is 5.82 Å². The second kappa shape index (κ2) is 6.79. The molecule has 1 aliphatic rings. The molecule has 2 heterocycles. The van der Waals surface area contributed by atoms with Gasteiger partial charge in [0.15, 0.2) is 0 Å². The van der Waals surface area contributed by atoms with Crippen LogP contribution in [-0.2, 0) is 18.3 Å². The summed E-state index contributed by atoms with van der Waals surface area (Å²) in [5, 5.41) is 16.8. The molecule has 3 N–H and O–H groups in total. The Morgan fingerprint density at radius 1 is 1.48 bits per heavy atom. The van der Waals surface area contributed by atoms with E-state index < -0.39 is 0 Å². The third kappa shape index (κ3) is 3.79. The van der Waals surface area contributed by atoms with Gasteiger partial charge in [-0.1, -0.05) is 0 Å². The zero-order valence-corrected chi connectivity index (χ0v) is 14.6. The van der Waals surface area contributed by atoms with Gasteiger partial charge >= 0.3 is 0 Å². The summed E-state index contributed by atoms with van der Waals surface area (Å²) in [6.45, 7) is 3.43. The Bertz CT molecular complexity index is 835. The van der Waals surface area contributed by atoms with Crippen molar-refractivity contribution in [1.82, 2.24) is 25.1 Å². The van der Waals surface area contributed by atoms with Crippen molar-refractivity contribution in [3.05, 3.63) is 45.4 Å². The molecule has 1 amide bonds. The smallest absolute Gasteiger partial charge is 0.254 e. The first-order valence-corrected chi connectivity index (χ1v) is 8.36. The first-order valence-electron chi connectivity index (χ1n) is 8.36. The minimum absolute atomic E-state index is 0.0273. The molecule has 8 heteroatoms. The van der Waals surface area contributed by atoms with E-state index >= 15 is 0 Å². The Morgan fingerprint density at radius 3 is 2.76 bits per heavy atom. The number of rotatable bonds is 5. The third-order valence-corrected chi connectivity index (χ3v) is 4.70. The molecule has 0 spiro atoms. The molecule has 8 nitrogen and oxygen atoms in total. The van der Waals surface area contributed by atoms with Crippen LogP contribution in [0, 0.1) is 19.8 Å². The highest BCUT2D eigenvalue weighted by molar-refractivity contribution is 5.79. The van der Waals surface area contributed by atoms with E-state index in [9.17, 15) is 14.7 Å². The highest BCUT2D eigenvalue weighted by atomic mass is 16.3. The van der Waals surface area contributed by atoms with E-state index in [0.29, 0.717) is 29.9 Å². The molecule has 1 unspecified atom stereocenters. The SMILES string of the molecule is Cc1nc(C)c(CC(=O)NC(c2cnn(C)c2)C2CC(O)C2)c(=O)[nH]1. The van der Waals surface area contributed by atoms with Gasteiger partial charge in [0.2, 0.25) is 5.91 Å². The number of carbonyl (C=O) groups excluding carboxylic acids is 1. The van der Waals surface area contributed by atoms with E-state index in [1.165, 1.54) is 0 Å². The maximum atomic E-state index is 12.5. The number of H-pyrrole nitrogens is 1. The highest BCUT2D eigenvalue weighted by Gasteiger charge is 2.36. The average molecular weight is 345 g/mol. The lowest BCUT2D eigenvalue weighted by molar-refractivity contribution is -0.122. The summed E-state index contributed by atoms with van der Waals surface area (Å²) in [6.07, 6.45) is 4.53. The van der Waals surface area contributed by atoms with Crippen LogP contribution in [0.5, 0.6) is 0 Å². The van der Waals surface area contributed by atoms with Crippen LogP contribution in [0.1, 0.15) is 41.5 Å². The summed E-state index contributed by atoms with van der Waals surface area (Å²) in [6, 6.07) is -0.220. The minimum Gasteiger partial charge on any atom is -0.393 e. The zero-order valence-electron chi connectivity index (χ0n) is 14.6. The third-order valence-electron chi connectivity index (χ3n) is 4.70. The van der Waals surface area contributed by atoms with Crippen LogP contribution < -0.4 is 10.9 Å². The predicted octanol–water partition coefficient (Wildman–Crippen LogP) is 0.291. The van der Waals surface area contributed by atoms with Crippen LogP contribution in [0.3, 0.4) is 0 Å². The van der Waals surface area contributed by atoms with Gasteiger partial charge in [-0.25, -0.2) is 4.98 Å². The Balaban J connectivity index is 1.76. The molecular weight excluding hydrogens is 322 g/mol. The standard InChI is InChI=1S/C17H23N5O3/c1-9-14(17(25)20-10(2)19-9)6-15(24)21-16(11-4-13(23)5-11)12-7-18-22(3)8-12/h7-8,11,13,16,23H,4-6H2,1-3H3,(H,21,24)(H,19,20,25). The number of hydrogen-bond acceptors (Lipinski definition) is 5. The lowest BCUT2D eigenvalue weighted by atomic mass is 9.75. The highest BCUT2D eigenvalue weighted by Crippen LogP contribution is 2.37. The fraction of sp³-hybridized carbons (Fsp3) is 0.529. The number of aliphatic hydroxyl groups is 1. The number of aromatic amines is 1. The van der Waals surface area contributed by atoms with E-state index in [-0.39, 0.29) is 36.0 Å². The van der Waals surface area contributed by atoms with Crippen molar-refractivity contribution < 1.29 is 9.90 Å². The monoisotopic (exact) mass is 345 g/mol. The number of aryl methyl sites for hydroxylation is 3. The lowest BCUT2D eigenvalue weighted by Gasteiger charge is -2.37. The van der Waals surface area contributed by atoms with Gasteiger partial charge in [-0.3, -0.25) is 14.3 Å². The summed E-state index contributed by atoms with van der Waals surface area (Å²) in [5.74, 6) is 0.455. The number of nitrogens with one attached hydrogen (secondary N) is 2. The Morgan fingerprint density at radius 2 is 2.20 bits per heavy atom. The molecule has 1 aliphatic carbocycles. The van der Waals surface area contributed by atoms with Gasteiger partial charge in [0.05, 0.1) is 24.8 Å². The van der Waals surface area contributed by atoms with Gasteiger partial charge < -0.3 is 15.4 Å². The molecule has 134 valence electrons. The first-order chi connectivity index (χ1) is 11.8. The Kier molecular flexibility index (Phi) is 4.71. The van der Waals surface area contributed by atoms with Crippen molar-refractivity contribution in [3.8, 4) is 0 Å². The van der Waals surface area contributed by atoms with Gasteiger partial charge in [0, 0.05) is 30.1 Å². The van der Waals surface area contributed by atoms with E-state index in [1.54, 1.807) is 24.7 Å². The van der Waals surface area contributed by atoms with E-state index in [4.69, 9.17) is 0 Å². The molecule has 2 aromatic heterocycles. The van der Waals surface area contributed by atoms with Gasteiger partial charge in [-0.15, -0.1) is 0 Å². The summed E-state index contributed by atoms with van der Waals surface area (Å²) < 4.78 is 1.68. The number of aromatic nitrogens is 4. The van der Waals surface area contributed by atoms with Gasteiger partial charge in [0.25, 0.3) is 5.56 Å². The van der Waals surface area contributed by atoms with Crippen LogP contribution in [0.4, 0.5) is 0 Å². The van der Waals surface area contributed by atoms with Crippen molar-refractivity contribution in [2.75, 3.05) is 0 Å². The van der Waals surface area contributed by atoms with Crippen molar-refractivity contribution in [2.24, 2.45) is 13.0 Å². The Hall–Kier alpha value is -2.48. The van der Waals surface area contributed by atoms with Gasteiger partial charge in [-0.05, 0) is 32.6 Å². The normalized spacial score (nSPS) is 20.8. The Labute approximate surface area is 145 Å².